The fourth-order valence-electron chi connectivity index (χ4n) is 1.84. The maximum absolute atomic E-state index is 10.7. The molecule has 0 saturated heterocycles. The van der Waals surface area contributed by atoms with Gasteiger partial charge in [0, 0.05) is 5.56 Å². The molecule has 1 aromatic carbocycles. The quantitative estimate of drug-likeness (QED) is 0.883. The molecule has 0 atom stereocenters. The standard InChI is InChI=1S/C11H11ClO4/c1-2-7-6(4-9(13)14)3-8(12)11-10(7)15-5-16-11/h3H,2,4-5H2,1H3,(H,13,14). The predicted molar refractivity (Wildman–Crippen MR) is 58.3 cm³/mol. The average molecular weight is 243 g/mol. The number of hydrogen-bond acceptors (Lipinski definition) is 3. The van der Waals surface area contributed by atoms with Gasteiger partial charge in [-0.25, -0.2) is 0 Å². The van der Waals surface area contributed by atoms with Crippen LogP contribution in [0.15, 0.2) is 6.07 Å². The molecule has 1 aliphatic heterocycles. The minimum absolute atomic E-state index is 0.0560. The zero-order valence-electron chi connectivity index (χ0n) is 8.75. The predicted octanol–water partition coefficient (Wildman–Crippen LogP) is 2.26. The topological polar surface area (TPSA) is 55.8 Å². The van der Waals surface area contributed by atoms with Crippen LogP contribution in [0.5, 0.6) is 11.5 Å². The van der Waals surface area contributed by atoms with Gasteiger partial charge < -0.3 is 14.6 Å². The Morgan fingerprint density at radius 3 is 2.81 bits per heavy atom. The molecule has 0 aromatic heterocycles. The monoisotopic (exact) mass is 242 g/mol. The number of benzene rings is 1. The first-order valence-corrected chi connectivity index (χ1v) is 5.33. The molecule has 1 aromatic rings. The Morgan fingerprint density at radius 2 is 2.19 bits per heavy atom. The highest BCUT2D eigenvalue weighted by atomic mass is 35.5. The van der Waals surface area contributed by atoms with Gasteiger partial charge in [0.25, 0.3) is 0 Å². The lowest BCUT2D eigenvalue weighted by atomic mass is 10.0. The second-order valence-electron chi connectivity index (χ2n) is 3.48. The Hall–Kier alpha value is -1.42. The van der Waals surface area contributed by atoms with E-state index in [4.69, 9.17) is 26.2 Å². The number of hydrogen-bond donors (Lipinski definition) is 1. The van der Waals surface area contributed by atoms with Crippen molar-refractivity contribution in [3.63, 3.8) is 0 Å². The zero-order chi connectivity index (χ0) is 11.7. The van der Waals surface area contributed by atoms with Crippen LogP contribution < -0.4 is 9.47 Å². The fraction of sp³-hybridized carbons (Fsp3) is 0.364. The van der Waals surface area contributed by atoms with Crippen molar-refractivity contribution in [1.82, 2.24) is 0 Å². The third-order valence-electron chi connectivity index (χ3n) is 2.49. The van der Waals surface area contributed by atoms with Crippen LogP contribution in [0, 0.1) is 0 Å². The molecule has 0 spiro atoms. The molecule has 0 radical (unpaired) electrons. The first-order valence-electron chi connectivity index (χ1n) is 4.95. The van der Waals surface area contributed by atoms with Crippen molar-refractivity contribution in [2.45, 2.75) is 19.8 Å². The molecule has 5 heteroatoms. The number of fused-ring (bicyclic) bond motifs is 1. The summed E-state index contributed by atoms with van der Waals surface area (Å²) in [7, 11) is 0. The lowest BCUT2D eigenvalue weighted by molar-refractivity contribution is -0.136. The molecular weight excluding hydrogens is 232 g/mol. The minimum atomic E-state index is -0.885. The van der Waals surface area contributed by atoms with E-state index >= 15 is 0 Å². The minimum Gasteiger partial charge on any atom is -0.481 e. The summed E-state index contributed by atoms with van der Waals surface area (Å²) in [6.07, 6.45) is 0.630. The van der Waals surface area contributed by atoms with Crippen LogP contribution in [0.1, 0.15) is 18.1 Å². The molecule has 1 aliphatic rings. The van der Waals surface area contributed by atoms with E-state index in [0.717, 1.165) is 5.56 Å². The molecule has 0 bridgehead atoms. The van der Waals surface area contributed by atoms with Gasteiger partial charge in [0.05, 0.1) is 11.4 Å². The number of carboxylic acids is 1. The van der Waals surface area contributed by atoms with Crippen molar-refractivity contribution < 1.29 is 19.4 Å². The van der Waals surface area contributed by atoms with Gasteiger partial charge >= 0.3 is 5.97 Å². The molecule has 0 saturated carbocycles. The third kappa shape index (κ3) is 1.80. The molecule has 0 unspecified atom stereocenters. The Labute approximate surface area is 97.7 Å². The van der Waals surface area contributed by atoms with E-state index in [0.29, 0.717) is 28.5 Å². The van der Waals surface area contributed by atoms with Crippen molar-refractivity contribution in [3.05, 3.63) is 22.2 Å². The van der Waals surface area contributed by atoms with E-state index in [-0.39, 0.29) is 13.2 Å². The summed E-state index contributed by atoms with van der Waals surface area (Å²) in [6, 6.07) is 1.64. The van der Waals surface area contributed by atoms with Crippen LogP contribution in [0.25, 0.3) is 0 Å². The Morgan fingerprint density at radius 1 is 1.50 bits per heavy atom. The van der Waals surface area contributed by atoms with E-state index in [1.54, 1.807) is 6.07 Å². The highest BCUT2D eigenvalue weighted by molar-refractivity contribution is 6.32. The number of rotatable bonds is 3. The third-order valence-corrected chi connectivity index (χ3v) is 2.77. The van der Waals surface area contributed by atoms with Gasteiger partial charge in [-0.2, -0.15) is 0 Å². The normalized spacial score (nSPS) is 12.9. The summed E-state index contributed by atoms with van der Waals surface area (Å²) in [5.74, 6) is 0.225. The maximum Gasteiger partial charge on any atom is 0.307 e. The van der Waals surface area contributed by atoms with Crippen molar-refractivity contribution in [1.29, 1.82) is 0 Å². The molecule has 1 heterocycles. The van der Waals surface area contributed by atoms with Crippen LogP contribution in [-0.4, -0.2) is 17.9 Å². The summed E-state index contributed by atoms with van der Waals surface area (Å²) < 4.78 is 10.6. The first kappa shape index (κ1) is 11.1. The number of halogens is 1. The van der Waals surface area contributed by atoms with Crippen LogP contribution in [0.3, 0.4) is 0 Å². The number of aliphatic carboxylic acids is 1. The average Bonchev–Trinajstić information content (AvgIpc) is 2.66. The second-order valence-corrected chi connectivity index (χ2v) is 3.89. The van der Waals surface area contributed by atoms with Gasteiger partial charge in [0.1, 0.15) is 0 Å². The summed E-state index contributed by atoms with van der Waals surface area (Å²) in [4.78, 5) is 10.7. The number of carbonyl (C=O) groups is 1. The zero-order valence-corrected chi connectivity index (χ0v) is 9.50. The van der Waals surface area contributed by atoms with Crippen LogP contribution >= 0.6 is 11.6 Å². The van der Waals surface area contributed by atoms with Crippen molar-refractivity contribution in [2.24, 2.45) is 0 Å². The molecule has 2 rings (SSSR count). The largest absolute Gasteiger partial charge is 0.481 e. The molecule has 0 fully saturated rings. The number of ether oxygens (including phenoxy) is 2. The van der Waals surface area contributed by atoms with E-state index in [9.17, 15) is 4.79 Å². The van der Waals surface area contributed by atoms with E-state index < -0.39 is 5.97 Å². The van der Waals surface area contributed by atoms with Crippen LogP contribution in [0.4, 0.5) is 0 Å². The highest BCUT2D eigenvalue weighted by Crippen LogP contribution is 2.43. The molecular formula is C11H11ClO4. The van der Waals surface area contributed by atoms with Crippen LogP contribution in [0.2, 0.25) is 5.02 Å². The number of carboxylic acid groups (broad SMARTS) is 1. The fourth-order valence-corrected chi connectivity index (χ4v) is 2.11. The van der Waals surface area contributed by atoms with Crippen LogP contribution in [-0.2, 0) is 17.6 Å². The molecule has 86 valence electrons. The summed E-state index contributed by atoms with van der Waals surface area (Å²) in [6.45, 7) is 2.08. The van der Waals surface area contributed by atoms with Gasteiger partial charge in [-0.05, 0) is 18.1 Å². The summed E-state index contributed by atoms with van der Waals surface area (Å²) >= 11 is 5.99. The maximum atomic E-state index is 10.7. The first-order chi connectivity index (χ1) is 7.63. The smallest absolute Gasteiger partial charge is 0.307 e. The summed E-state index contributed by atoms with van der Waals surface area (Å²) in [5, 5.41) is 9.21. The van der Waals surface area contributed by atoms with E-state index in [1.807, 2.05) is 6.92 Å². The Balaban J connectivity index is 2.53. The highest BCUT2D eigenvalue weighted by Gasteiger charge is 2.24. The molecule has 16 heavy (non-hydrogen) atoms. The van der Waals surface area contributed by atoms with Crippen molar-refractivity contribution in [2.75, 3.05) is 6.79 Å². The van der Waals surface area contributed by atoms with Gasteiger partial charge in [0.2, 0.25) is 6.79 Å². The van der Waals surface area contributed by atoms with Gasteiger partial charge in [-0.3, -0.25) is 4.79 Å². The van der Waals surface area contributed by atoms with Gasteiger partial charge in [-0.1, -0.05) is 18.5 Å². The second kappa shape index (κ2) is 4.22. The Bertz CT molecular complexity index is 442. The summed E-state index contributed by atoms with van der Waals surface area (Å²) in [5.41, 5.74) is 1.54. The molecule has 0 amide bonds. The van der Waals surface area contributed by atoms with Gasteiger partial charge in [0.15, 0.2) is 11.5 Å². The van der Waals surface area contributed by atoms with Crippen molar-refractivity contribution >= 4 is 17.6 Å². The van der Waals surface area contributed by atoms with Gasteiger partial charge in [-0.15, -0.1) is 0 Å². The van der Waals surface area contributed by atoms with E-state index in [1.165, 1.54) is 0 Å². The molecule has 4 nitrogen and oxygen atoms in total. The van der Waals surface area contributed by atoms with Crippen molar-refractivity contribution in [3.8, 4) is 11.5 Å². The molecule has 1 N–H and O–H groups in total. The van der Waals surface area contributed by atoms with E-state index in [2.05, 4.69) is 0 Å². The SMILES string of the molecule is CCc1c(CC(=O)O)cc(Cl)c2c1OCO2. The lowest BCUT2D eigenvalue weighted by Crippen LogP contribution is -2.04. The molecule has 0 aliphatic carbocycles. The Kier molecular flexibility index (Phi) is 2.92. The lowest BCUT2D eigenvalue weighted by Gasteiger charge is -2.10.